The van der Waals surface area contributed by atoms with Crippen molar-refractivity contribution in [2.24, 2.45) is 7.05 Å². The molecule has 1 N–H and O–H groups in total. The van der Waals surface area contributed by atoms with Crippen LogP contribution in [-0.2, 0) is 13.6 Å². The highest BCUT2D eigenvalue weighted by Crippen LogP contribution is 2.24. The van der Waals surface area contributed by atoms with Crippen molar-refractivity contribution >= 4 is 40.5 Å². The highest BCUT2D eigenvalue weighted by atomic mass is 35.5. The van der Waals surface area contributed by atoms with E-state index in [0.717, 1.165) is 5.56 Å². The minimum Gasteiger partial charge on any atom is -0.318 e. The lowest BCUT2D eigenvalue weighted by Crippen LogP contribution is -2.17. The van der Waals surface area contributed by atoms with Crippen LogP contribution in [0.5, 0.6) is 0 Å². The molecule has 27 heavy (non-hydrogen) atoms. The maximum absolute atomic E-state index is 12.5. The fourth-order valence-electron chi connectivity index (χ4n) is 2.65. The van der Waals surface area contributed by atoms with Crippen molar-refractivity contribution in [3.63, 3.8) is 0 Å². The third-order valence-electron chi connectivity index (χ3n) is 3.81. The minimum absolute atomic E-state index is 0.130. The summed E-state index contributed by atoms with van der Waals surface area (Å²) in [7, 11) is 1.47. The Balaban J connectivity index is 1.77. The van der Waals surface area contributed by atoms with E-state index in [4.69, 9.17) is 23.2 Å². The number of hydrogen-bond acceptors (Lipinski definition) is 5. The Bertz CT molecular complexity index is 1040. The van der Waals surface area contributed by atoms with Gasteiger partial charge in [0.25, 0.3) is 5.91 Å². The largest absolute Gasteiger partial charge is 0.322 e. The van der Waals surface area contributed by atoms with Crippen molar-refractivity contribution in [2.45, 2.75) is 13.5 Å². The Labute approximate surface area is 163 Å². The number of benzene rings is 1. The molecule has 0 aliphatic rings. The van der Waals surface area contributed by atoms with Crippen LogP contribution in [0.2, 0.25) is 10.0 Å². The number of halogens is 2. The predicted octanol–water partition coefficient (Wildman–Crippen LogP) is 3.44. The van der Waals surface area contributed by atoms with Crippen LogP contribution in [-0.4, -0.2) is 30.4 Å². The summed E-state index contributed by atoms with van der Waals surface area (Å²) in [6.07, 6.45) is 3.06. The van der Waals surface area contributed by atoms with Gasteiger partial charge in [-0.3, -0.25) is 24.3 Å². The maximum Gasteiger partial charge on any atom is 0.322 e. The lowest BCUT2D eigenvalue weighted by Gasteiger charge is -2.04. The van der Waals surface area contributed by atoms with Gasteiger partial charge in [0, 0.05) is 13.2 Å². The molecule has 0 radical (unpaired) electrons. The minimum atomic E-state index is -0.640. The molecule has 0 spiro atoms. The highest BCUT2D eigenvalue weighted by molar-refractivity contribution is 6.42. The number of anilines is 1. The van der Waals surface area contributed by atoms with Crippen molar-refractivity contribution in [3.8, 4) is 0 Å². The summed E-state index contributed by atoms with van der Waals surface area (Å²) >= 11 is 11.9. The number of nitro groups is 1. The van der Waals surface area contributed by atoms with Gasteiger partial charge in [0.1, 0.15) is 5.69 Å². The van der Waals surface area contributed by atoms with E-state index in [1.54, 1.807) is 23.0 Å². The van der Waals surface area contributed by atoms with E-state index in [1.807, 2.05) is 6.07 Å². The zero-order valence-corrected chi connectivity index (χ0v) is 15.8. The fraction of sp³-hybridized carbons (Fsp3) is 0.188. The number of carbonyl (C=O) groups excluding carboxylic acids is 1. The Kier molecular flexibility index (Phi) is 5.15. The van der Waals surface area contributed by atoms with Gasteiger partial charge >= 0.3 is 5.69 Å². The first-order valence-corrected chi connectivity index (χ1v) is 8.47. The molecule has 0 unspecified atom stereocenters. The van der Waals surface area contributed by atoms with Crippen molar-refractivity contribution in [1.82, 2.24) is 19.6 Å². The molecule has 0 saturated carbocycles. The van der Waals surface area contributed by atoms with Gasteiger partial charge in [-0.2, -0.15) is 10.2 Å². The number of nitrogens with zero attached hydrogens (tertiary/aromatic N) is 5. The van der Waals surface area contributed by atoms with Gasteiger partial charge in [-0.1, -0.05) is 29.3 Å². The van der Waals surface area contributed by atoms with Crippen LogP contribution >= 0.6 is 23.2 Å². The second-order valence-corrected chi connectivity index (χ2v) is 6.61. The summed E-state index contributed by atoms with van der Waals surface area (Å²) in [4.78, 5) is 23.1. The first-order chi connectivity index (χ1) is 12.8. The van der Waals surface area contributed by atoms with Crippen LogP contribution in [0.4, 0.5) is 11.4 Å². The van der Waals surface area contributed by atoms with E-state index >= 15 is 0 Å². The average Bonchev–Trinajstić information content (AvgIpc) is 3.14. The van der Waals surface area contributed by atoms with Crippen molar-refractivity contribution < 1.29 is 9.72 Å². The van der Waals surface area contributed by atoms with Crippen molar-refractivity contribution in [2.75, 3.05) is 5.32 Å². The first kappa shape index (κ1) is 18.9. The van der Waals surface area contributed by atoms with Crippen molar-refractivity contribution in [1.29, 1.82) is 0 Å². The third-order valence-corrected chi connectivity index (χ3v) is 4.55. The molecule has 0 aliphatic heterocycles. The van der Waals surface area contributed by atoms with Gasteiger partial charge in [-0.25, -0.2) is 0 Å². The van der Waals surface area contributed by atoms with E-state index in [2.05, 4.69) is 15.5 Å². The SMILES string of the molecule is Cc1nn(C)c(C(=O)Nc2cnn(Cc3ccc(Cl)c(Cl)c3)c2)c1[N+](=O)[O-]. The molecule has 0 saturated heterocycles. The third kappa shape index (κ3) is 3.93. The number of rotatable bonds is 5. The quantitative estimate of drug-likeness (QED) is 0.513. The molecule has 3 aromatic rings. The second kappa shape index (κ2) is 7.37. The lowest BCUT2D eigenvalue weighted by molar-refractivity contribution is -0.385. The molecule has 140 valence electrons. The van der Waals surface area contributed by atoms with Crippen LogP contribution in [0.15, 0.2) is 30.6 Å². The number of nitrogens with one attached hydrogen (secondary N) is 1. The molecule has 3 rings (SSSR count). The van der Waals surface area contributed by atoms with E-state index in [9.17, 15) is 14.9 Å². The van der Waals surface area contributed by atoms with Crippen LogP contribution in [0.1, 0.15) is 21.7 Å². The van der Waals surface area contributed by atoms with Gasteiger partial charge in [0.15, 0.2) is 0 Å². The summed E-state index contributed by atoms with van der Waals surface area (Å²) in [5, 5.41) is 22.8. The molecule has 1 amide bonds. The van der Waals surface area contributed by atoms with E-state index in [1.165, 1.54) is 24.9 Å². The van der Waals surface area contributed by atoms with Gasteiger partial charge in [0.05, 0.1) is 33.4 Å². The zero-order valence-electron chi connectivity index (χ0n) is 14.3. The number of carbonyl (C=O) groups is 1. The van der Waals surface area contributed by atoms with E-state index in [0.29, 0.717) is 22.3 Å². The van der Waals surface area contributed by atoms with Gasteiger partial charge in [-0.05, 0) is 24.6 Å². The molecule has 0 bridgehead atoms. The molecule has 9 nitrogen and oxygen atoms in total. The number of aromatic nitrogens is 4. The fourth-order valence-corrected chi connectivity index (χ4v) is 2.97. The molecule has 0 fully saturated rings. The van der Waals surface area contributed by atoms with Crippen LogP contribution in [0.3, 0.4) is 0 Å². The molecular weight excluding hydrogens is 395 g/mol. The monoisotopic (exact) mass is 408 g/mol. The summed E-state index contributed by atoms with van der Waals surface area (Å²) in [6, 6.07) is 5.23. The molecule has 11 heteroatoms. The second-order valence-electron chi connectivity index (χ2n) is 5.79. The zero-order chi connectivity index (χ0) is 19.7. The summed E-state index contributed by atoms with van der Waals surface area (Å²) in [5.74, 6) is -0.640. The summed E-state index contributed by atoms with van der Waals surface area (Å²) in [6.45, 7) is 1.89. The summed E-state index contributed by atoms with van der Waals surface area (Å²) in [5.41, 5.74) is 0.993. The maximum atomic E-state index is 12.5. The van der Waals surface area contributed by atoms with E-state index < -0.39 is 10.8 Å². The predicted molar refractivity (Wildman–Crippen MR) is 100 cm³/mol. The Morgan fingerprint density at radius 3 is 2.74 bits per heavy atom. The molecule has 0 aliphatic carbocycles. The Morgan fingerprint density at radius 1 is 1.33 bits per heavy atom. The summed E-state index contributed by atoms with van der Waals surface area (Å²) < 4.78 is 2.78. The molecular formula is C16H14Cl2N6O3. The van der Waals surface area contributed by atoms with E-state index in [-0.39, 0.29) is 17.1 Å². The molecule has 2 aromatic heterocycles. The molecule has 0 atom stereocenters. The Hall–Kier alpha value is -2.91. The normalized spacial score (nSPS) is 10.8. The Morgan fingerprint density at radius 2 is 2.07 bits per heavy atom. The van der Waals surface area contributed by atoms with Crippen LogP contribution < -0.4 is 5.32 Å². The number of hydrogen-bond donors (Lipinski definition) is 1. The van der Waals surface area contributed by atoms with Gasteiger partial charge < -0.3 is 5.32 Å². The van der Waals surface area contributed by atoms with Crippen LogP contribution in [0, 0.1) is 17.0 Å². The van der Waals surface area contributed by atoms with Gasteiger partial charge in [0.2, 0.25) is 5.69 Å². The highest BCUT2D eigenvalue weighted by Gasteiger charge is 2.29. The standard InChI is InChI=1S/C16H14Cl2N6O3/c1-9-14(24(26)27)15(22(2)21-9)16(25)20-11-6-19-23(8-11)7-10-3-4-12(17)13(18)5-10/h3-6,8H,7H2,1-2H3,(H,20,25). The molecule has 1 aromatic carbocycles. The smallest absolute Gasteiger partial charge is 0.318 e. The average molecular weight is 409 g/mol. The topological polar surface area (TPSA) is 108 Å². The first-order valence-electron chi connectivity index (χ1n) is 7.72. The number of amides is 1. The van der Waals surface area contributed by atoms with Crippen molar-refractivity contribution in [3.05, 3.63) is 67.7 Å². The lowest BCUT2D eigenvalue weighted by atomic mass is 10.2. The number of aryl methyl sites for hydroxylation is 2. The van der Waals surface area contributed by atoms with Crippen LogP contribution in [0.25, 0.3) is 0 Å². The van der Waals surface area contributed by atoms with Gasteiger partial charge in [-0.15, -0.1) is 0 Å². The molecule has 2 heterocycles.